The van der Waals surface area contributed by atoms with Gasteiger partial charge in [-0.3, -0.25) is 0 Å². The highest BCUT2D eigenvalue weighted by molar-refractivity contribution is 7.27. The van der Waals surface area contributed by atoms with Gasteiger partial charge in [-0.25, -0.2) is 4.85 Å². The topological polar surface area (TPSA) is 38.0 Å². The SMILES string of the molecule is [C-]#[N+]c1c(-c2ccccc2)c(C#N)c(-n2c3c(ccc4c3sc3cccc(-c5ccccc5)c34)c3ccc4c(sc5cccc(-c6ccccc6)c54)c32)c(-c2ccccc2)c1-n1c2cccc3c4ccccc4c4cccc1c4c32. The monoisotopic (exact) mass is 1050 g/mol. The number of hydrogen-bond acceptors (Lipinski definition) is 3. The molecule has 4 heterocycles. The van der Waals surface area contributed by atoms with E-state index in [9.17, 15) is 11.8 Å². The Bertz CT molecular complexity index is 5280. The average molecular weight is 1050 g/mol. The lowest BCUT2D eigenvalue weighted by Gasteiger charge is -2.26. The Labute approximate surface area is 466 Å². The number of rotatable bonds is 6. The molecule has 0 amide bonds. The lowest BCUT2D eigenvalue weighted by Crippen LogP contribution is -2.09. The van der Waals surface area contributed by atoms with E-state index in [1.165, 1.54) is 42.1 Å². The van der Waals surface area contributed by atoms with Crippen molar-refractivity contribution in [3.63, 3.8) is 0 Å². The first-order valence-corrected chi connectivity index (χ1v) is 28.5. The lowest BCUT2D eigenvalue weighted by atomic mass is 9.88. The van der Waals surface area contributed by atoms with Crippen molar-refractivity contribution in [3.05, 3.63) is 260 Å². The van der Waals surface area contributed by atoms with Gasteiger partial charge in [-0.1, -0.05) is 218 Å². The smallest absolute Gasteiger partial charge is 0.220 e. The van der Waals surface area contributed by atoms with Gasteiger partial charge in [0.15, 0.2) is 0 Å². The van der Waals surface area contributed by atoms with Crippen molar-refractivity contribution in [2.45, 2.75) is 0 Å². The van der Waals surface area contributed by atoms with Crippen LogP contribution in [0.25, 0.3) is 166 Å². The van der Waals surface area contributed by atoms with Crippen molar-refractivity contribution in [1.29, 1.82) is 5.26 Å². The zero-order chi connectivity index (χ0) is 52.7. The highest BCUT2D eigenvalue weighted by atomic mass is 32.1. The molecule has 0 saturated heterocycles. The molecular formula is C74H40N4S2. The van der Waals surface area contributed by atoms with Crippen LogP contribution in [-0.4, -0.2) is 9.13 Å². The van der Waals surface area contributed by atoms with Crippen LogP contribution in [0.4, 0.5) is 5.69 Å². The molecule has 0 N–H and O–H groups in total. The highest BCUT2D eigenvalue weighted by Gasteiger charge is 2.34. The molecule has 0 spiro atoms. The second-order valence-corrected chi connectivity index (χ2v) is 22.8. The number of nitrogens with zero attached hydrogens (tertiary/aromatic N) is 4. The number of thiophene rings is 2. The highest BCUT2D eigenvalue weighted by Crippen LogP contribution is 2.56. The van der Waals surface area contributed by atoms with Gasteiger partial charge in [0.1, 0.15) is 6.07 Å². The summed E-state index contributed by atoms with van der Waals surface area (Å²) < 4.78 is 9.48. The Morgan fingerprint density at radius 2 is 0.762 bits per heavy atom. The van der Waals surface area contributed by atoms with Crippen LogP contribution >= 0.6 is 22.7 Å². The summed E-state index contributed by atoms with van der Waals surface area (Å²) in [5, 5.41) is 26.4. The van der Waals surface area contributed by atoms with Gasteiger partial charge in [-0.05, 0) is 79.2 Å². The van der Waals surface area contributed by atoms with E-state index in [4.69, 9.17) is 0 Å². The fraction of sp³-hybridized carbons (Fsp3) is 0. The lowest BCUT2D eigenvalue weighted by molar-refractivity contribution is 1.14. The van der Waals surface area contributed by atoms with Crippen LogP contribution in [0.3, 0.4) is 0 Å². The molecule has 80 heavy (non-hydrogen) atoms. The van der Waals surface area contributed by atoms with Gasteiger partial charge >= 0.3 is 0 Å². The maximum absolute atomic E-state index is 12.5. The molecular weight excluding hydrogens is 1010 g/mol. The summed E-state index contributed by atoms with van der Waals surface area (Å²) in [6.45, 7) is 9.55. The van der Waals surface area contributed by atoms with Gasteiger partial charge in [0, 0.05) is 63.6 Å². The van der Waals surface area contributed by atoms with Crippen LogP contribution in [0.1, 0.15) is 5.56 Å². The number of benzene rings is 13. The molecule has 0 saturated carbocycles. The molecule has 6 heteroatoms. The molecule has 0 aliphatic rings. The second-order valence-electron chi connectivity index (χ2n) is 20.7. The van der Waals surface area contributed by atoms with Gasteiger partial charge in [-0.2, -0.15) is 5.26 Å². The van der Waals surface area contributed by atoms with Gasteiger partial charge < -0.3 is 9.13 Å². The minimum atomic E-state index is 0.418. The largest absolute Gasteiger partial charge is 0.318 e. The second kappa shape index (κ2) is 17.1. The summed E-state index contributed by atoms with van der Waals surface area (Å²) in [6.07, 6.45) is 0. The molecule has 17 rings (SSSR count). The van der Waals surface area contributed by atoms with E-state index in [0.717, 1.165) is 114 Å². The summed E-state index contributed by atoms with van der Waals surface area (Å²) in [4.78, 5) is 4.67. The fourth-order valence-corrected chi connectivity index (χ4v) is 16.1. The quantitative estimate of drug-likeness (QED) is 0.121. The van der Waals surface area contributed by atoms with Crippen molar-refractivity contribution in [1.82, 2.24) is 9.13 Å². The van der Waals surface area contributed by atoms with Crippen molar-refractivity contribution in [2.24, 2.45) is 0 Å². The summed E-state index contributed by atoms with van der Waals surface area (Å²) >= 11 is 3.63. The molecule has 4 nitrogen and oxygen atoms in total. The maximum Gasteiger partial charge on any atom is 0.220 e. The summed E-state index contributed by atoms with van der Waals surface area (Å²) in [5.41, 5.74) is 14.2. The van der Waals surface area contributed by atoms with E-state index < -0.39 is 0 Å². The predicted octanol–water partition coefficient (Wildman–Crippen LogP) is 21.5. The summed E-state index contributed by atoms with van der Waals surface area (Å²) in [6, 6.07) is 89.6. The normalized spacial score (nSPS) is 12.0. The van der Waals surface area contributed by atoms with E-state index in [-0.39, 0.29) is 0 Å². The third-order valence-electron chi connectivity index (χ3n) is 16.7. The van der Waals surface area contributed by atoms with Crippen LogP contribution in [-0.2, 0) is 0 Å². The molecule has 368 valence electrons. The first kappa shape index (κ1) is 44.8. The van der Waals surface area contributed by atoms with Crippen LogP contribution < -0.4 is 0 Å². The van der Waals surface area contributed by atoms with Gasteiger partial charge in [0.25, 0.3) is 0 Å². The Hall–Kier alpha value is -10.3. The van der Waals surface area contributed by atoms with Crippen LogP contribution in [0.5, 0.6) is 0 Å². The third-order valence-corrected chi connectivity index (χ3v) is 19.1. The minimum absolute atomic E-state index is 0.418. The molecule has 0 unspecified atom stereocenters. The number of hydrogen-bond donors (Lipinski definition) is 0. The molecule has 4 aromatic heterocycles. The van der Waals surface area contributed by atoms with Gasteiger partial charge in [0.05, 0.1) is 55.0 Å². The predicted molar refractivity (Wildman–Crippen MR) is 340 cm³/mol. The summed E-state index contributed by atoms with van der Waals surface area (Å²) in [7, 11) is 0. The molecule has 0 radical (unpaired) electrons. The maximum atomic E-state index is 12.5. The van der Waals surface area contributed by atoms with Crippen LogP contribution in [0.2, 0.25) is 0 Å². The fourth-order valence-electron chi connectivity index (χ4n) is 13.6. The zero-order valence-electron chi connectivity index (χ0n) is 42.7. The van der Waals surface area contributed by atoms with Gasteiger partial charge in [-0.15, -0.1) is 22.7 Å². The number of fused-ring (bicyclic) bond motifs is 14. The van der Waals surface area contributed by atoms with Gasteiger partial charge in [0.2, 0.25) is 5.69 Å². The van der Waals surface area contributed by atoms with E-state index in [1.807, 2.05) is 40.9 Å². The van der Waals surface area contributed by atoms with E-state index in [2.05, 4.69) is 245 Å². The van der Waals surface area contributed by atoms with E-state index in [0.29, 0.717) is 16.8 Å². The zero-order valence-corrected chi connectivity index (χ0v) is 44.3. The molecule has 0 atom stereocenters. The Balaban J connectivity index is 1.15. The molecule has 0 bridgehead atoms. The van der Waals surface area contributed by atoms with Crippen molar-refractivity contribution in [3.8, 4) is 62.0 Å². The van der Waals surface area contributed by atoms with Crippen LogP contribution in [0.15, 0.2) is 243 Å². The first-order valence-electron chi connectivity index (χ1n) is 26.8. The number of nitriles is 1. The Morgan fingerprint density at radius 3 is 1.23 bits per heavy atom. The standard InChI is InChI=1S/C74H40N4S2/c1-76-68-62(45-24-10-4-11-25-45)57(42-75)69(63(46-26-12-5-13-27-46)72(68)77-58-34-16-32-51-49-28-14-15-29-50(49)52-33-17-35-59(77)67(52)66(51)58)78-70-53(38-40-55-64-47(43-20-6-2-7-21-43)30-18-36-60(64)79-73(55)70)54-39-41-56-65-48(44-22-8-3-9-23-44)31-19-37-61(65)80-74(56)71(54)78/h2-41H. The minimum Gasteiger partial charge on any atom is -0.318 e. The molecule has 17 aromatic rings. The molecule has 13 aromatic carbocycles. The van der Waals surface area contributed by atoms with Crippen molar-refractivity contribution in [2.75, 3.05) is 0 Å². The third kappa shape index (κ3) is 6.06. The Morgan fingerprint density at radius 1 is 0.350 bits per heavy atom. The molecule has 0 aliphatic carbocycles. The Kier molecular flexibility index (Phi) is 9.55. The first-order chi connectivity index (χ1) is 39.7. The van der Waals surface area contributed by atoms with Crippen molar-refractivity contribution >= 4 is 134 Å². The number of aromatic nitrogens is 2. The van der Waals surface area contributed by atoms with Crippen LogP contribution in [0, 0.1) is 17.9 Å². The molecule has 0 fully saturated rings. The van der Waals surface area contributed by atoms with Crippen molar-refractivity contribution < 1.29 is 0 Å². The van der Waals surface area contributed by atoms with E-state index >= 15 is 0 Å². The van der Waals surface area contributed by atoms with E-state index in [1.54, 1.807) is 0 Å². The molecule has 0 aliphatic heterocycles. The summed E-state index contributed by atoms with van der Waals surface area (Å²) in [5.74, 6) is 0. The average Bonchev–Trinajstić information content (AvgIpc) is 4.24.